The Balaban J connectivity index is 2.22. The van der Waals surface area contributed by atoms with Crippen LogP contribution in [0.2, 0.25) is 0 Å². The molecule has 3 nitrogen and oxygen atoms in total. The van der Waals surface area contributed by atoms with Crippen molar-refractivity contribution >= 4 is 5.91 Å². The quantitative estimate of drug-likeness (QED) is 0.711. The van der Waals surface area contributed by atoms with Gasteiger partial charge in [-0.1, -0.05) is 33.1 Å². The Bertz CT molecular complexity index is 249. The highest BCUT2D eigenvalue weighted by Gasteiger charge is 2.21. The van der Waals surface area contributed by atoms with Crippen molar-refractivity contribution < 1.29 is 9.90 Å². The molecule has 0 spiro atoms. The third-order valence-corrected chi connectivity index (χ3v) is 4.34. The van der Waals surface area contributed by atoms with E-state index < -0.39 is 0 Å². The van der Waals surface area contributed by atoms with Gasteiger partial charge in [0.2, 0.25) is 5.91 Å². The molecule has 1 rings (SSSR count). The van der Waals surface area contributed by atoms with Gasteiger partial charge in [-0.3, -0.25) is 4.79 Å². The van der Waals surface area contributed by atoms with Crippen LogP contribution in [0.1, 0.15) is 65.2 Å². The van der Waals surface area contributed by atoms with E-state index in [-0.39, 0.29) is 12.5 Å². The molecule has 1 amide bonds. The van der Waals surface area contributed by atoms with Crippen LogP contribution < -0.4 is 5.32 Å². The van der Waals surface area contributed by atoms with Crippen molar-refractivity contribution in [2.75, 3.05) is 13.2 Å². The van der Waals surface area contributed by atoms with Crippen LogP contribution >= 0.6 is 0 Å². The first-order valence-electron chi connectivity index (χ1n) is 8.03. The minimum Gasteiger partial charge on any atom is -0.396 e. The summed E-state index contributed by atoms with van der Waals surface area (Å²) in [4.78, 5) is 12.0. The molecule has 3 heteroatoms. The van der Waals surface area contributed by atoms with Gasteiger partial charge in [-0.05, 0) is 43.4 Å². The van der Waals surface area contributed by atoms with E-state index in [2.05, 4.69) is 19.2 Å². The Hall–Kier alpha value is -0.570. The van der Waals surface area contributed by atoms with E-state index in [4.69, 9.17) is 5.11 Å². The van der Waals surface area contributed by atoms with Crippen molar-refractivity contribution in [3.63, 3.8) is 0 Å². The van der Waals surface area contributed by atoms with Gasteiger partial charge in [0.05, 0.1) is 0 Å². The molecule has 3 unspecified atom stereocenters. The van der Waals surface area contributed by atoms with Crippen molar-refractivity contribution in [1.82, 2.24) is 5.32 Å². The summed E-state index contributed by atoms with van der Waals surface area (Å²) in [7, 11) is 0. The second-order valence-corrected chi connectivity index (χ2v) is 6.31. The van der Waals surface area contributed by atoms with Crippen LogP contribution in [0.15, 0.2) is 0 Å². The molecular formula is C16H31NO2. The Labute approximate surface area is 118 Å². The van der Waals surface area contributed by atoms with Crippen molar-refractivity contribution in [1.29, 1.82) is 0 Å². The number of carbonyl (C=O) groups excluding carboxylic acids is 1. The largest absolute Gasteiger partial charge is 0.396 e. The van der Waals surface area contributed by atoms with E-state index in [1.54, 1.807) is 0 Å². The van der Waals surface area contributed by atoms with Crippen molar-refractivity contribution in [2.45, 2.75) is 65.2 Å². The van der Waals surface area contributed by atoms with E-state index in [1.807, 2.05) is 0 Å². The molecule has 1 fully saturated rings. The number of carbonyl (C=O) groups is 1. The lowest BCUT2D eigenvalue weighted by Crippen LogP contribution is -2.31. The summed E-state index contributed by atoms with van der Waals surface area (Å²) in [5.74, 6) is 2.02. The Morgan fingerprint density at radius 1 is 1.37 bits per heavy atom. The van der Waals surface area contributed by atoms with Crippen LogP contribution in [0.4, 0.5) is 0 Å². The number of nitrogens with one attached hydrogen (secondary N) is 1. The minimum absolute atomic E-state index is 0.207. The molecule has 1 saturated carbocycles. The van der Waals surface area contributed by atoms with Crippen LogP contribution in [0.3, 0.4) is 0 Å². The van der Waals surface area contributed by atoms with E-state index >= 15 is 0 Å². The molecule has 19 heavy (non-hydrogen) atoms. The Morgan fingerprint density at radius 3 is 2.79 bits per heavy atom. The van der Waals surface area contributed by atoms with Crippen LogP contribution in [0, 0.1) is 17.8 Å². The lowest BCUT2D eigenvalue weighted by molar-refractivity contribution is -0.122. The zero-order chi connectivity index (χ0) is 14.1. The number of rotatable bonds is 8. The smallest absolute Gasteiger partial charge is 0.220 e. The molecular weight excluding hydrogens is 238 g/mol. The standard InChI is InChI=1S/C16H31NO2/c1-3-5-14(8-9-18)12-17-16(19)11-15-7-4-6-13(2)10-15/h13-15,18H,3-12H2,1-2H3,(H,17,19). The van der Waals surface area contributed by atoms with Crippen LogP contribution in [0.25, 0.3) is 0 Å². The third kappa shape index (κ3) is 6.95. The molecule has 1 aliphatic rings. The van der Waals surface area contributed by atoms with Crippen LogP contribution in [-0.4, -0.2) is 24.2 Å². The predicted molar refractivity (Wildman–Crippen MR) is 78.8 cm³/mol. The fourth-order valence-corrected chi connectivity index (χ4v) is 3.28. The summed E-state index contributed by atoms with van der Waals surface area (Å²) in [6.07, 6.45) is 8.73. The van der Waals surface area contributed by atoms with Gasteiger partial charge in [-0.2, -0.15) is 0 Å². The monoisotopic (exact) mass is 269 g/mol. The summed E-state index contributed by atoms with van der Waals surface area (Å²) < 4.78 is 0. The number of hydrogen-bond acceptors (Lipinski definition) is 2. The molecule has 0 saturated heterocycles. The molecule has 2 N–H and O–H groups in total. The number of hydrogen-bond donors (Lipinski definition) is 2. The molecule has 0 radical (unpaired) electrons. The minimum atomic E-state index is 0.207. The second kappa shape index (κ2) is 9.35. The van der Waals surface area contributed by atoms with Gasteiger partial charge in [0, 0.05) is 19.6 Å². The molecule has 1 aliphatic carbocycles. The molecule has 0 aromatic heterocycles. The summed E-state index contributed by atoms with van der Waals surface area (Å²) >= 11 is 0. The van der Waals surface area contributed by atoms with E-state index in [0.29, 0.717) is 18.3 Å². The van der Waals surface area contributed by atoms with Gasteiger partial charge in [-0.25, -0.2) is 0 Å². The van der Waals surface area contributed by atoms with E-state index in [1.165, 1.54) is 25.7 Å². The fourth-order valence-electron chi connectivity index (χ4n) is 3.28. The van der Waals surface area contributed by atoms with Gasteiger partial charge in [-0.15, -0.1) is 0 Å². The van der Waals surface area contributed by atoms with E-state index in [9.17, 15) is 4.79 Å². The van der Waals surface area contributed by atoms with Crippen LogP contribution in [-0.2, 0) is 4.79 Å². The highest BCUT2D eigenvalue weighted by molar-refractivity contribution is 5.76. The average molecular weight is 269 g/mol. The lowest BCUT2D eigenvalue weighted by atomic mass is 9.81. The summed E-state index contributed by atoms with van der Waals surface area (Å²) in [5, 5.41) is 12.1. The SMILES string of the molecule is CCCC(CCO)CNC(=O)CC1CCCC(C)C1. The number of aliphatic hydroxyl groups is 1. The highest BCUT2D eigenvalue weighted by Crippen LogP contribution is 2.30. The third-order valence-electron chi connectivity index (χ3n) is 4.34. The molecule has 3 atom stereocenters. The van der Waals surface area contributed by atoms with Crippen molar-refractivity contribution in [3.05, 3.63) is 0 Å². The maximum atomic E-state index is 12.0. The molecule has 0 aromatic rings. The Morgan fingerprint density at radius 2 is 2.16 bits per heavy atom. The highest BCUT2D eigenvalue weighted by atomic mass is 16.3. The Kier molecular flexibility index (Phi) is 8.11. The molecule has 112 valence electrons. The lowest BCUT2D eigenvalue weighted by Gasteiger charge is -2.26. The molecule has 0 bridgehead atoms. The maximum Gasteiger partial charge on any atom is 0.220 e. The first-order chi connectivity index (χ1) is 9.15. The summed E-state index contributed by atoms with van der Waals surface area (Å²) in [5.41, 5.74) is 0. The van der Waals surface area contributed by atoms with E-state index in [0.717, 1.165) is 31.7 Å². The van der Waals surface area contributed by atoms with Gasteiger partial charge < -0.3 is 10.4 Å². The summed E-state index contributed by atoms with van der Waals surface area (Å²) in [6.45, 7) is 5.40. The summed E-state index contributed by atoms with van der Waals surface area (Å²) in [6, 6.07) is 0. The maximum absolute atomic E-state index is 12.0. The van der Waals surface area contributed by atoms with Gasteiger partial charge in [0.1, 0.15) is 0 Å². The fraction of sp³-hybridized carbons (Fsp3) is 0.938. The molecule has 0 heterocycles. The zero-order valence-electron chi connectivity index (χ0n) is 12.7. The molecule has 0 aromatic carbocycles. The zero-order valence-corrected chi connectivity index (χ0v) is 12.7. The average Bonchev–Trinajstić information content (AvgIpc) is 2.36. The molecule has 0 aliphatic heterocycles. The van der Waals surface area contributed by atoms with Crippen molar-refractivity contribution in [2.24, 2.45) is 17.8 Å². The van der Waals surface area contributed by atoms with Gasteiger partial charge in [0.15, 0.2) is 0 Å². The van der Waals surface area contributed by atoms with Crippen LogP contribution in [0.5, 0.6) is 0 Å². The van der Waals surface area contributed by atoms with Gasteiger partial charge in [0.25, 0.3) is 0 Å². The predicted octanol–water partition coefficient (Wildman–Crippen LogP) is 3.12. The first-order valence-corrected chi connectivity index (χ1v) is 8.03. The van der Waals surface area contributed by atoms with Crippen molar-refractivity contribution in [3.8, 4) is 0 Å². The normalized spacial score (nSPS) is 25.0. The van der Waals surface area contributed by atoms with Gasteiger partial charge >= 0.3 is 0 Å². The number of amides is 1. The number of aliphatic hydroxyl groups excluding tert-OH is 1. The second-order valence-electron chi connectivity index (χ2n) is 6.31. The first kappa shape index (κ1) is 16.5. The topological polar surface area (TPSA) is 49.3 Å².